The van der Waals surface area contributed by atoms with E-state index >= 15 is 0 Å². The number of hydrogen-bond acceptors (Lipinski definition) is 2. The summed E-state index contributed by atoms with van der Waals surface area (Å²) in [6.07, 6.45) is 9.33. The van der Waals surface area contributed by atoms with Crippen molar-refractivity contribution in [2.75, 3.05) is 6.54 Å². The van der Waals surface area contributed by atoms with Crippen molar-refractivity contribution in [3.05, 3.63) is 129 Å². The minimum absolute atomic E-state index is 0. The molecule has 1 saturated carbocycles. The van der Waals surface area contributed by atoms with Gasteiger partial charge in [0.2, 0.25) is 0 Å². The molecule has 1 heterocycles. The summed E-state index contributed by atoms with van der Waals surface area (Å²) in [6, 6.07) is 21.7. The maximum Gasteiger partial charge on any atom is 0 e. The third kappa shape index (κ3) is 13.9. The second kappa shape index (κ2) is 27.4. The number of nitrogens with zero attached hydrogens (tertiary/aromatic N) is 1. The molecule has 2 aliphatic rings. The van der Waals surface area contributed by atoms with E-state index in [-0.39, 0.29) is 38.5 Å². The number of rotatable bonds is 8. The molecule has 0 N–H and O–H groups in total. The molecule has 0 bridgehead atoms. The fourth-order valence-electron chi connectivity index (χ4n) is 5.77. The first-order valence-corrected chi connectivity index (χ1v) is 14.2. The Morgan fingerprint density at radius 3 is 1.84 bits per heavy atom. The van der Waals surface area contributed by atoms with Crippen molar-refractivity contribution in [3.8, 4) is 0 Å². The molecule has 4 atom stereocenters. The van der Waals surface area contributed by atoms with Crippen molar-refractivity contribution in [3.63, 3.8) is 0 Å². The van der Waals surface area contributed by atoms with Gasteiger partial charge in [-0.15, -0.1) is 0 Å². The normalized spacial score (nSPS) is 19.6. The predicted molar refractivity (Wildman–Crippen MR) is 162 cm³/mol. The van der Waals surface area contributed by atoms with Crippen molar-refractivity contribution in [2.24, 2.45) is 17.8 Å². The zero-order chi connectivity index (χ0) is 34.1. The van der Waals surface area contributed by atoms with Crippen LogP contribution >= 0.6 is 0 Å². The average Bonchev–Trinajstić information content (AvgIpc) is 3.10. The Bertz CT molecular complexity index is 1180. The van der Waals surface area contributed by atoms with E-state index in [2.05, 4.69) is 152 Å². The molecule has 45 heavy (non-hydrogen) atoms. The van der Waals surface area contributed by atoms with Crippen molar-refractivity contribution in [1.82, 2.24) is 4.90 Å². The third-order valence-electron chi connectivity index (χ3n) is 7.88. The van der Waals surface area contributed by atoms with Gasteiger partial charge >= 0.3 is 56.5 Å². The van der Waals surface area contributed by atoms with Gasteiger partial charge in [0.15, 0.2) is 6.61 Å². The average molecular weight is 780 g/mol. The molecule has 7 nitrogen and oxygen atoms in total. The van der Waals surface area contributed by atoms with Crippen molar-refractivity contribution in [1.29, 1.82) is 0 Å². The van der Waals surface area contributed by atoms with Gasteiger partial charge in [0.1, 0.15) is 0 Å². The van der Waals surface area contributed by atoms with E-state index < -0.39 is 0 Å². The molecule has 2 aromatic rings. The van der Waals surface area contributed by atoms with Crippen LogP contribution in [-0.4, -0.2) is 17.5 Å². The van der Waals surface area contributed by atoms with Crippen LogP contribution in [-0.2, 0) is 54.5 Å². The van der Waals surface area contributed by atoms with Gasteiger partial charge in [0.05, 0.1) is 11.8 Å². The Hall–Kier alpha value is -2.93. The van der Waals surface area contributed by atoms with Crippen LogP contribution in [0.5, 0.6) is 0 Å². The molecular weight excluding hydrogens is 738 g/mol. The van der Waals surface area contributed by atoms with Crippen LogP contribution in [0.15, 0.2) is 78.5 Å². The smallest absolute Gasteiger partial charge is 0 e. The summed E-state index contributed by atoms with van der Waals surface area (Å²) in [7, 11) is 0. The Balaban J connectivity index is -0.00000146. The Labute approximate surface area is 284 Å². The summed E-state index contributed by atoms with van der Waals surface area (Å²) < 4.78 is 44.2. The minimum Gasteiger partial charge on any atom is 0 e. The maximum atomic E-state index is 7.50. The molecule has 1 aliphatic carbocycles. The number of allylic oxidation sites excluding steroid dienone is 1. The first kappa shape index (κ1) is 46.5. The summed E-state index contributed by atoms with van der Waals surface area (Å²) in [6.45, 7) is 38.7. The van der Waals surface area contributed by atoms with E-state index in [0.29, 0.717) is 11.8 Å². The fraction of sp³-hybridized carbons (Fsp3) is 0.405. The van der Waals surface area contributed by atoms with Crippen LogP contribution in [0.25, 0.3) is 5.70 Å². The topological polar surface area (TPSA) is 112 Å². The first-order chi connectivity index (χ1) is 21.4. The number of hydrogen-bond donors (Lipinski definition) is 0. The van der Waals surface area contributed by atoms with E-state index in [1.807, 2.05) is 0 Å². The van der Waals surface area contributed by atoms with E-state index in [1.165, 1.54) is 29.7 Å². The van der Waals surface area contributed by atoms with Gasteiger partial charge in [-0.25, -0.2) is 0 Å². The van der Waals surface area contributed by atoms with Gasteiger partial charge in [0.25, 0.3) is 0 Å². The van der Waals surface area contributed by atoms with Crippen molar-refractivity contribution >= 4 is 5.70 Å². The van der Waals surface area contributed by atoms with Crippen LogP contribution in [0, 0.1) is 57.6 Å². The van der Waals surface area contributed by atoms with Gasteiger partial charge in [-0.05, 0) is 53.2 Å². The number of ether oxygens (including phenoxy) is 1. The SMILES string of the molecule is CCCN1C=C[C@@H](C)C([C]O[C@@H]2C[C@H](C)CC[C@H]2C(C)(C)c2ccccc2)=C1c1ccccc1.[C-]#[O+].[C-]#[O+].[C-]#[O+].[C-]#[O+].[C-]#[O+].[W]. The number of benzene rings is 2. The Kier molecular flexibility index (Phi) is 28.3. The van der Waals surface area contributed by atoms with E-state index in [9.17, 15) is 0 Å². The third-order valence-corrected chi connectivity index (χ3v) is 7.88. The Morgan fingerprint density at radius 1 is 0.822 bits per heavy atom. The summed E-state index contributed by atoms with van der Waals surface area (Å²) in [5.74, 6) is 1.41. The molecule has 1 aliphatic heterocycles. The van der Waals surface area contributed by atoms with E-state index in [4.69, 9.17) is 28.0 Å². The zero-order valence-electron chi connectivity index (χ0n) is 26.6. The Morgan fingerprint density at radius 2 is 1.33 bits per heavy atom. The molecule has 1 fully saturated rings. The molecule has 0 amide bonds. The minimum atomic E-state index is 0. The first-order valence-electron chi connectivity index (χ1n) is 14.2. The van der Waals surface area contributed by atoms with Gasteiger partial charge in [0, 0.05) is 39.7 Å². The molecule has 4 rings (SSSR count). The van der Waals surface area contributed by atoms with Crippen LogP contribution in [0.2, 0.25) is 0 Å². The summed E-state index contributed by atoms with van der Waals surface area (Å²) in [4.78, 5) is 2.37. The maximum absolute atomic E-state index is 7.50. The predicted octanol–water partition coefficient (Wildman–Crippen LogP) is 7.92. The van der Waals surface area contributed by atoms with Crippen LogP contribution < -0.4 is 0 Å². The molecule has 0 unspecified atom stereocenters. The molecule has 0 saturated heterocycles. The largest absolute Gasteiger partial charge is 0 e. The quantitative estimate of drug-likeness (QED) is 0.200. The summed E-state index contributed by atoms with van der Waals surface area (Å²) in [5, 5.41) is 0. The van der Waals surface area contributed by atoms with Crippen molar-refractivity contribution < 1.29 is 49.1 Å². The zero-order valence-corrected chi connectivity index (χ0v) is 29.5. The summed E-state index contributed by atoms with van der Waals surface area (Å²) in [5.41, 5.74) is 5.08. The molecule has 8 heteroatoms. The summed E-state index contributed by atoms with van der Waals surface area (Å²) >= 11 is 0. The monoisotopic (exact) mass is 779 g/mol. The fourth-order valence-corrected chi connectivity index (χ4v) is 5.77. The molecule has 2 aromatic carbocycles. The van der Waals surface area contributed by atoms with Crippen LogP contribution in [0.3, 0.4) is 0 Å². The van der Waals surface area contributed by atoms with Gasteiger partial charge in [-0.2, -0.15) is 0 Å². The van der Waals surface area contributed by atoms with Crippen LogP contribution in [0.1, 0.15) is 71.4 Å². The molecule has 2 radical (unpaired) electrons. The molecule has 0 aromatic heterocycles. The molecule has 236 valence electrons. The molecular formula is C37H41NO6W. The van der Waals surface area contributed by atoms with Crippen LogP contribution in [0.4, 0.5) is 0 Å². The standard InChI is InChI=1S/C32H41NO.5CO.W/c1-6-20-33-21-19-25(3)28(31(33)26-13-9-7-10-14-26)23-34-30-22-24(2)17-18-29(30)32(4,5)27-15-11-8-12-16-27;5*1-2;/h7-16,19,21,24-25,29-30H,6,17-18,20,22H2,1-5H3;;;;;;/t24-,25-,29-,30-;;;;;;/m1....../s1. The van der Waals surface area contributed by atoms with Gasteiger partial charge in [-0.3, -0.25) is 0 Å². The van der Waals surface area contributed by atoms with E-state index in [0.717, 1.165) is 25.0 Å². The van der Waals surface area contributed by atoms with Gasteiger partial charge < -0.3 is 9.64 Å². The second-order valence-corrected chi connectivity index (χ2v) is 10.8. The van der Waals surface area contributed by atoms with Crippen molar-refractivity contribution in [2.45, 2.75) is 71.8 Å². The van der Waals surface area contributed by atoms with Gasteiger partial charge in [-0.1, -0.05) is 108 Å². The van der Waals surface area contributed by atoms with E-state index in [1.54, 1.807) is 0 Å². The second-order valence-electron chi connectivity index (χ2n) is 10.8. The molecule has 0 spiro atoms.